The van der Waals surface area contributed by atoms with Crippen LogP contribution in [0.3, 0.4) is 0 Å². The molecule has 0 aromatic heterocycles. The summed E-state index contributed by atoms with van der Waals surface area (Å²) in [6.07, 6.45) is 0.985. The Morgan fingerprint density at radius 2 is 2.00 bits per heavy atom. The van der Waals surface area contributed by atoms with E-state index in [4.69, 9.17) is 4.74 Å². The summed E-state index contributed by atoms with van der Waals surface area (Å²) in [5, 5.41) is 0. The Morgan fingerprint density at radius 1 is 1.37 bits per heavy atom. The average Bonchev–Trinajstić information content (AvgIpc) is 2.25. The van der Waals surface area contributed by atoms with Gasteiger partial charge in [-0.1, -0.05) is 12.1 Å². The van der Waals surface area contributed by atoms with Crippen LogP contribution < -0.4 is 4.31 Å². The Morgan fingerprint density at radius 3 is 2.47 bits per heavy atom. The summed E-state index contributed by atoms with van der Waals surface area (Å²) in [5.41, 5.74) is 0.00863. The Labute approximate surface area is 119 Å². The molecule has 0 unspecified atom stereocenters. The third-order valence-electron chi connectivity index (χ3n) is 2.79. The number of para-hydroxylation sites is 1. The van der Waals surface area contributed by atoms with Gasteiger partial charge < -0.3 is 4.74 Å². The molecule has 0 aliphatic heterocycles. The summed E-state index contributed by atoms with van der Waals surface area (Å²) < 4.78 is 37.6. The molecule has 1 amide bonds. The van der Waals surface area contributed by atoms with Gasteiger partial charge in [0.25, 0.3) is 0 Å². The summed E-state index contributed by atoms with van der Waals surface area (Å²) in [5.74, 6) is 0. The first-order valence-corrected chi connectivity index (χ1v) is 7.81. The van der Waals surface area contributed by atoms with Crippen LogP contribution in [0, 0.1) is 0 Å². The van der Waals surface area contributed by atoms with E-state index in [-0.39, 0.29) is 16.1 Å². The zero-order valence-corrected chi connectivity index (χ0v) is 12.2. The van der Waals surface area contributed by atoms with Crippen molar-refractivity contribution >= 4 is 38.0 Å². The van der Waals surface area contributed by atoms with Gasteiger partial charge in [0.15, 0.2) is 0 Å². The van der Waals surface area contributed by atoms with E-state index in [0.29, 0.717) is 17.3 Å². The summed E-state index contributed by atoms with van der Waals surface area (Å²) in [6.45, 7) is 0. The Bertz CT molecular complexity index is 585. The quantitative estimate of drug-likeness (QED) is 0.848. The van der Waals surface area contributed by atoms with E-state index >= 15 is 0 Å². The molecule has 1 aliphatic carbocycles. The molecule has 0 atom stereocenters. The second kappa shape index (κ2) is 5.48. The summed E-state index contributed by atoms with van der Waals surface area (Å²) in [7, 11) is -4.74. The Kier molecular flexibility index (Phi) is 4.12. The molecule has 1 fully saturated rings. The van der Waals surface area contributed by atoms with Gasteiger partial charge in [-0.05, 0) is 47.3 Å². The minimum Gasteiger partial charge on any atom is -0.445 e. The molecule has 0 spiro atoms. The highest BCUT2D eigenvalue weighted by Gasteiger charge is 2.33. The molecule has 0 heterocycles. The molecule has 0 radical (unpaired) electrons. The predicted octanol–water partition coefficient (Wildman–Crippen LogP) is 2.75. The van der Waals surface area contributed by atoms with Gasteiger partial charge in [0, 0.05) is 4.47 Å². The van der Waals surface area contributed by atoms with Crippen molar-refractivity contribution in [3.63, 3.8) is 0 Å². The molecular formula is C11H12BrNO5S. The van der Waals surface area contributed by atoms with Gasteiger partial charge in [-0.15, -0.1) is 4.31 Å². The first-order valence-electron chi connectivity index (χ1n) is 5.62. The minimum atomic E-state index is -4.74. The highest BCUT2D eigenvalue weighted by molar-refractivity contribution is 9.10. The van der Waals surface area contributed by atoms with Crippen LogP contribution in [-0.2, 0) is 15.0 Å². The van der Waals surface area contributed by atoms with E-state index in [1.807, 2.05) is 0 Å². The van der Waals surface area contributed by atoms with Crippen LogP contribution in [0.4, 0.5) is 10.5 Å². The smallest absolute Gasteiger partial charge is 0.430 e. The van der Waals surface area contributed by atoms with Crippen molar-refractivity contribution in [3.8, 4) is 0 Å². The van der Waals surface area contributed by atoms with Crippen LogP contribution in [0.1, 0.15) is 19.3 Å². The van der Waals surface area contributed by atoms with Crippen molar-refractivity contribution in [1.29, 1.82) is 0 Å². The largest absolute Gasteiger partial charge is 0.445 e. The molecule has 1 N–H and O–H groups in total. The fourth-order valence-electron chi connectivity index (χ4n) is 1.61. The molecule has 0 bridgehead atoms. The van der Waals surface area contributed by atoms with Gasteiger partial charge in [0.2, 0.25) is 0 Å². The highest BCUT2D eigenvalue weighted by Crippen LogP contribution is 2.30. The third kappa shape index (κ3) is 3.26. The second-order valence-corrected chi connectivity index (χ2v) is 6.25. The lowest BCUT2D eigenvalue weighted by molar-refractivity contribution is 0.0597. The van der Waals surface area contributed by atoms with Crippen molar-refractivity contribution in [1.82, 2.24) is 0 Å². The van der Waals surface area contributed by atoms with Crippen LogP contribution >= 0.6 is 15.9 Å². The lowest BCUT2D eigenvalue weighted by Gasteiger charge is -2.28. The number of hydrogen-bond acceptors (Lipinski definition) is 4. The van der Waals surface area contributed by atoms with E-state index in [1.165, 1.54) is 6.07 Å². The minimum absolute atomic E-state index is 0.00863. The van der Waals surface area contributed by atoms with Crippen molar-refractivity contribution in [2.75, 3.05) is 4.31 Å². The molecule has 1 aliphatic rings. The normalized spacial score (nSPS) is 15.7. The Balaban J connectivity index is 2.31. The number of benzene rings is 1. The van der Waals surface area contributed by atoms with Crippen molar-refractivity contribution < 1.29 is 22.5 Å². The molecular weight excluding hydrogens is 338 g/mol. The first-order chi connectivity index (χ1) is 8.89. The number of rotatable bonds is 3. The molecule has 6 nitrogen and oxygen atoms in total. The van der Waals surface area contributed by atoms with Crippen LogP contribution in [0.25, 0.3) is 0 Å². The van der Waals surface area contributed by atoms with Gasteiger partial charge in [-0.2, -0.15) is 8.42 Å². The predicted molar refractivity (Wildman–Crippen MR) is 72.3 cm³/mol. The van der Waals surface area contributed by atoms with Gasteiger partial charge in [-0.3, -0.25) is 4.55 Å². The molecule has 1 aromatic carbocycles. The van der Waals surface area contributed by atoms with E-state index in [0.717, 1.165) is 6.42 Å². The number of ether oxygens (including phenoxy) is 1. The molecule has 2 rings (SSSR count). The SMILES string of the molecule is O=C(OC1CCC1)N(c1ccccc1Br)S(=O)(=O)O. The van der Waals surface area contributed by atoms with E-state index in [1.54, 1.807) is 18.2 Å². The van der Waals surface area contributed by atoms with Crippen molar-refractivity contribution in [3.05, 3.63) is 28.7 Å². The van der Waals surface area contributed by atoms with Crippen molar-refractivity contribution in [2.45, 2.75) is 25.4 Å². The number of halogens is 1. The lowest BCUT2D eigenvalue weighted by Crippen LogP contribution is -2.40. The zero-order chi connectivity index (χ0) is 14.0. The number of hydrogen-bond donors (Lipinski definition) is 1. The van der Waals surface area contributed by atoms with E-state index < -0.39 is 16.4 Å². The average molecular weight is 350 g/mol. The number of nitrogens with zero attached hydrogens (tertiary/aromatic N) is 1. The topological polar surface area (TPSA) is 83.9 Å². The lowest BCUT2D eigenvalue weighted by atomic mass is 9.96. The highest BCUT2D eigenvalue weighted by atomic mass is 79.9. The number of amides is 1. The third-order valence-corrected chi connectivity index (χ3v) is 4.27. The van der Waals surface area contributed by atoms with Gasteiger partial charge >= 0.3 is 16.4 Å². The Hall–Kier alpha value is -1.12. The van der Waals surface area contributed by atoms with Crippen molar-refractivity contribution in [2.24, 2.45) is 0 Å². The maximum atomic E-state index is 11.9. The van der Waals surface area contributed by atoms with Gasteiger partial charge in [0.05, 0.1) is 5.69 Å². The van der Waals surface area contributed by atoms with Crippen LogP contribution in [0.5, 0.6) is 0 Å². The molecule has 19 heavy (non-hydrogen) atoms. The molecule has 0 saturated heterocycles. The van der Waals surface area contributed by atoms with Crippen LogP contribution in [0.15, 0.2) is 28.7 Å². The standard InChI is InChI=1S/C11H12BrNO5S/c12-9-6-1-2-7-10(9)13(19(15,16)17)11(14)18-8-4-3-5-8/h1-2,6-8H,3-5H2,(H,15,16,17). The second-order valence-electron chi connectivity index (χ2n) is 4.13. The van der Waals surface area contributed by atoms with E-state index in [2.05, 4.69) is 15.9 Å². The summed E-state index contributed by atoms with van der Waals surface area (Å²) >= 11 is 3.13. The fraction of sp³-hybridized carbons (Fsp3) is 0.364. The van der Waals surface area contributed by atoms with Crippen LogP contribution in [0.2, 0.25) is 0 Å². The monoisotopic (exact) mass is 349 g/mol. The first kappa shape index (κ1) is 14.3. The zero-order valence-electron chi connectivity index (χ0n) is 9.82. The number of carbonyl (C=O) groups is 1. The molecule has 1 aromatic rings. The number of carbonyl (C=O) groups excluding carboxylic acids is 1. The van der Waals surface area contributed by atoms with E-state index in [9.17, 15) is 17.8 Å². The van der Waals surface area contributed by atoms with Gasteiger partial charge in [-0.25, -0.2) is 4.79 Å². The summed E-state index contributed by atoms with van der Waals surface area (Å²) in [6, 6.07) is 6.16. The summed E-state index contributed by atoms with van der Waals surface area (Å²) in [4.78, 5) is 11.9. The molecule has 104 valence electrons. The number of anilines is 1. The molecule has 1 saturated carbocycles. The maximum Gasteiger partial charge on any atom is 0.430 e. The van der Waals surface area contributed by atoms with Crippen LogP contribution in [-0.4, -0.2) is 25.2 Å². The maximum absolute atomic E-state index is 11.9. The van der Waals surface area contributed by atoms with Gasteiger partial charge in [0.1, 0.15) is 6.10 Å². The molecule has 8 heteroatoms. The fourth-order valence-corrected chi connectivity index (χ4v) is 2.83.